The topological polar surface area (TPSA) is 67.4 Å². The van der Waals surface area contributed by atoms with Gasteiger partial charge in [0.25, 0.3) is 0 Å². The summed E-state index contributed by atoms with van der Waals surface area (Å²) in [6.07, 6.45) is 2.34. The first-order chi connectivity index (χ1) is 9.51. The van der Waals surface area contributed by atoms with E-state index in [0.29, 0.717) is 23.4 Å². The summed E-state index contributed by atoms with van der Waals surface area (Å²) in [5.41, 5.74) is 1.03. The summed E-state index contributed by atoms with van der Waals surface area (Å²) in [7, 11) is -3.42. The molecule has 7 heteroatoms. The largest absolute Gasteiger partial charge is 0.377 e. The number of rotatable bonds is 9. The molecule has 0 radical (unpaired) electrons. The van der Waals surface area contributed by atoms with Crippen LogP contribution in [0.15, 0.2) is 15.7 Å². The van der Waals surface area contributed by atoms with Crippen LogP contribution in [-0.2, 0) is 21.3 Å². The second-order valence-electron chi connectivity index (χ2n) is 5.05. The molecule has 2 N–H and O–H groups in total. The Hall–Kier alpha value is -0.470. The molecule has 1 atom stereocenters. The third kappa shape index (κ3) is 4.82. The molecular weight excluding hydrogens is 296 g/mol. The SMILES string of the molecule is CCOC(C)CNS(=O)(=O)c1cc(CNC2CC2)cs1. The van der Waals surface area contributed by atoms with Crippen LogP contribution in [0.1, 0.15) is 32.3 Å². The Morgan fingerprint density at radius 2 is 2.25 bits per heavy atom. The minimum absolute atomic E-state index is 0.120. The van der Waals surface area contributed by atoms with E-state index in [1.807, 2.05) is 19.2 Å². The molecule has 0 amide bonds. The molecule has 0 aromatic carbocycles. The number of hydrogen-bond acceptors (Lipinski definition) is 5. The van der Waals surface area contributed by atoms with Gasteiger partial charge in [0.2, 0.25) is 10.0 Å². The molecule has 0 spiro atoms. The fourth-order valence-corrected chi connectivity index (χ4v) is 4.15. The summed E-state index contributed by atoms with van der Waals surface area (Å²) in [4.78, 5) is 0. The van der Waals surface area contributed by atoms with Crippen molar-refractivity contribution < 1.29 is 13.2 Å². The molecule has 5 nitrogen and oxygen atoms in total. The molecule has 1 unspecified atom stereocenters. The molecule has 1 saturated carbocycles. The first-order valence-corrected chi connectivity index (χ1v) is 9.29. The van der Waals surface area contributed by atoms with Crippen LogP contribution < -0.4 is 10.0 Å². The summed E-state index contributed by atoms with van der Waals surface area (Å²) >= 11 is 1.26. The van der Waals surface area contributed by atoms with Gasteiger partial charge in [0.15, 0.2) is 0 Å². The molecule has 1 fully saturated rings. The number of nitrogens with one attached hydrogen (secondary N) is 2. The zero-order chi connectivity index (χ0) is 14.6. The lowest BCUT2D eigenvalue weighted by Gasteiger charge is -2.12. The van der Waals surface area contributed by atoms with Gasteiger partial charge in [-0.3, -0.25) is 0 Å². The van der Waals surface area contributed by atoms with Crippen molar-refractivity contribution in [1.29, 1.82) is 0 Å². The third-order valence-electron chi connectivity index (χ3n) is 3.08. The highest BCUT2D eigenvalue weighted by atomic mass is 32.2. The van der Waals surface area contributed by atoms with Gasteiger partial charge >= 0.3 is 0 Å². The lowest BCUT2D eigenvalue weighted by Crippen LogP contribution is -2.31. The monoisotopic (exact) mass is 318 g/mol. The first-order valence-electron chi connectivity index (χ1n) is 6.93. The van der Waals surface area contributed by atoms with E-state index in [2.05, 4.69) is 10.0 Å². The van der Waals surface area contributed by atoms with Crippen molar-refractivity contribution >= 4 is 21.4 Å². The highest BCUT2D eigenvalue weighted by Gasteiger charge is 2.21. The van der Waals surface area contributed by atoms with Gasteiger partial charge in [0.05, 0.1) is 6.10 Å². The van der Waals surface area contributed by atoms with Gasteiger partial charge in [0, 0.05) is 25.7 Å². The summed E-state index contributed by atoms with van der Waals surface area (Å²) in [6.45, 7) is 5.36. The molecule has 1 heterocycles. The molecule has 20 heavy (non-hydrogen) atoms. The molecule has 1 aliphatic carbocycles. The lowest BCUT2D eigenvalue weighted by molar-refractivity contribution is 0.0800. The smallest absolute Gasteiger partial charge is 0.250 e. The van der Waals surface area contributed by atoms with Gasteiger partial charge in [-0.25, -0.2) is 13.1 Å². The fraction of sp³-hybridized carbons (Fsp3) is 0.692. The second kappa shape index (κ2) is 7.00. The zero-order valence-electron chi connectivity index (χ0n) is 11.9. The van der Waals surface area contributed by atoms with E-state index in [1.165, 1.54) is 24.2 Å². The van der Waals surface area contributed by atoms with Gasteiger partial charge in [-0.15, -0.1) is 11.3 Å². The molecule has 0 aliphatic heterocycles. The van der Waals surface area contributed by atoms with Crippen LogP contribution in [-0.4, -0.2) is 33.7 Å². The Bertz CT molecular complexity index is 523. The maximum atomic E-state index is 12.1. The van der Waals surface area contributed by atoms with Crippen LogP contribution in [0, 0.1) is 0 Å². The zero-order valence-corrected chi connectivity index (χ0v) is 13.5. The van der Waals surface area contributed by atoms with Crippen molar-refractivity contribution in [3.63, 3.8) is 0 Å². The highest BCUT2D eigenvalue weighted by Crippen LogP contribution is 2.23. The molecule has 0 saturated heterocycles. The van der Waals surface area contributed by atoms with Gasteiger partial charge in [-0.2, -0.15) is 0 Å². The standard InChI is InChI=1S/C13H22N2O3S2/c1-3-18-10(2)7-15-20(16,17)13-6-11(9-19-13)8-14-12-4-5-12/h6,9-10,12,14-15H,3-5,7-8H2,1-2H3. The van der Waals surface area contributed by atoms with Crippen molar-refractivity contribution in [1.82, 2.24) is 10.0 Å². The molecule has 2 rings (SSSR count). The van der Waals surface area contributed by atoms with E-state index in [0.717, 1.165) is 12.1 Å². The predicted molar refractivity (Wildman–Crippen MR) is 80.5 cm³/mol. The molecule has 114 valence electrons. The van der Waals surface area contributed by atoms with Gasteiger partial charge in [0.1, 0.15) is 4.21 Å². The van der Waals surface area contributed by atoms with E-state index in [9.17, 15) is 8.42 Å². The number of hydrogen-bond donors (Lipinski definition) is 2. The van der Waals surface area contributed by atoms with Crippen LogP contribution >= 0.6 is 11.3 Å². The van der Waals surface area contributed by atoms with E-state index in [4.69, 9.17) is 4.74 Å². The second-order valence-corrected chi connectivity index (χ2v) is 7.95. The van der Waals surface area contributed by atoms with Crippen molar-refractivity contribution in [2.75, 3.05) is 13.2 Å². The Morgan fingerprint density at radius 3 is 2.90 bits per heavy atom. The molecule has 1 aliphatic rings. The summed E-state index contributed by atoms with van der Waals surface area (Å²) in [5.74, 6) is 0. The molecular formula is C13H22N2O3S2. The van der Waals surface area contributed by atoms with Crippen molar-refractivity contribution in [3.05, 3.63) is 17.0 Å². The normalized spacial score (nSPS) is 17.3. The number of sulfonamides is 1. The van der Waals surface area contributed by atoms with Crippen LogP contribution in [0.4, 0.5) is 0 Å². The molecule has 0 bridgehead atoms. The maximum Gasteiger partial charge on any atom is 0.250 e. The van der Waals surface area contributed by atoms with Gasteiger partial charge in [-0.05, 0) is 43.7 Å². The predicted octanol–water partition coefficient (Wildman–Crippen LogP) is 1.70. The van der Waals surface area contributed by atoms with E-state index >= 15 is 0 Å². The number of thiophene rings is 1. The van der Waals surface area contributed by atoms with Crippen LogP contribution in [0.2, 0.25) is 0 Å². The average Bonchev–Trinajstić information content (AvgIpc) is 3.11. The summed E-state index contributed by atoms with van der Waals surface area (Å²) in [5, 5.41) is 5.27. The van der Waals surface area contributed by atoms with Crippen molar-refractivity contribution in [2.45, 2.75) is 49.6 Å². The van der Waals surface area contributed by atoms with Crippen LogP contribution in [0.25, 0.3) is 0 Å². The first kappa shape index (κ1) is 15.9. The van der Waals surface area contributed by atoms with Crippen molar-refractivity contribution in [3.8, 4) is 0 Å². The quantitative estimate of drug-likeness (QED) is 0.727. The Balaban J connectivity index is 1.87. The van der Waals surface area contributed by atoms with E-state index < -0.39 is 10.0 Å². The Morgan fingerprint density at radius 1 is 1.50 bits per heavy atom. The molecule has 1 aromatic rings. The van der Waals surface area contributed by atoms with Gasteiger partial charge in [-0.1, -0.05) is 0 Å². The van der Waals surface area contributed by atoms with Gasteiger partial charge < -0.3 is 10.1 Å². The Labute approximate surface area is 124 Å². The van der Waals surface area contributed by atoms with E-state index in [-0.39, 0.29) is 6.10 Å². The molecule has 1 aromatic heterocycles. The average molecular weight is 318 g/mol. The highest BCUT2D eigenvalue weighted by molar-refractivity contribution is 7.91. The minimum atomic E-state index is -3.42. The van der Waals surface area contributed by atoms with Crippen LogP contribution in [0.5, 0.6) is 0 Å². The van der Waals surface area contributed by atoms with Crippen molar-refractivity contribution in [2.24, 2.45) is 0 Å². The third-order valence-corrected chi connectivity index (χ3v) is 5.99. The summed E-state index contributed by atoms with van der Waals surface area (Å²) in [6, 6.07) is 2.37. The number of ether oxygens (including phenoxy) is 1. The Kier molecular flexibility index (Phi) is 5.57. The summed E-state index contributed by atoms with van der Waals surface area (Å²) < 4.78 is 32.5. The fourth-order valence-electron chi connectivity index (χ4n) is 1.78. The maximum absolute atomic E-state index is 12.1. The minimum Gasteiger partial charge on any atom is -0.377 e. The van der Waals surface area contributed by atoms with E-state index in [1.54, 1.807) is 6.07 Å². The van der Waals surface area contributed by atoms with Crippen LogP contribution in [0.3, 0.4) is 0 Å². The lowest BCUT2D eigenvalue weighted by atomic mass is 10.3.